The average Bonchev–Trinajstić information content (AvgIpc) is 1.58. The molecule has 0 rings (SSSR count). The van der Waals surface area contributed by atoms with Crippen LogP contribution in [0.5, 0.6) is 0 Å². The van der Waals surface area contributed by atoms with E-state index < -0.39 is 23.2 Å². The number of rotatable bonds is 3. The molecule has 0 aliphatic rings. The zero-order valence-corrected chi connectivity index (χ0v) is 11.5. The van der Waals surface area contributed by atoms with Crippen LogP contribution < -0.4 is 0 Å². The summed E-state index contributed by atoms with van der Waals surface area (Å²) in [5.74, 6) is 1.16. The Labute approximate surface area is 71.0 Å². The van der Waals surface area contributed by atoms with Crippen molar-refractivity contribution in [3.8, 4) is 0 Å². The fourth-order valence-electron chi connectivity index (χ4n) is 0.700. The van der Waals surface area contributed by atoms with Gasteiger partial charge in [0.15, 0.2) is 0 Å². The quantitative estimate of drug-likeness (QED) is 0.335. The molecule has 0 aliphatic carbocycles. The van der Waals surface area contributed by atoms with Gasteiger partial charge in [0.05, 0.1) is 0 Å². The first-order chi connectivity index (χ1) is 4.52. The Morgan fingerprint density at radius 2 is 1.90 bits per heavy atom. The van der Waals surface area contributed by atoms with Crippen molar-refractivity contribution < 1.29 is 7.48 Å². The van der Waals surface area contributed by atoms with Crippen LogP contribution in [0.3, 0.4) is 0 Å². The third-order valence-electron chi connectivity index (χ3n) is 0.834. The maximum absolute atomic E-state index is 8.82. The van der Waals surface area contributed by atoms with E-state index in [4.69, 9.17) is 7.48 Å². The summed E-state index contributed by atoms with van der Waals surface area (Å²) < 4.78 is 9.80. The van der Waals surface area contributed by atoms with Gasteiger partial charge in [0.2, 0.25) is 0 Å². The molecule has 0 aromatic carbocycles. The monoisotopic (exact) mass is 335 g/mol. The van der Waals surface area contributed by atoms with E-state index in [9.17, 15) is 0 Å². The Bertz CT molecular complexity index is 150. The molecular weight excluding hydrogens is 320 g/mol. The van der Waals surface area contributed by atoms with E-state index in [0.717, 1.165) is 5.76 Å². The Kier molecular flexibility index (Phi) is 4.94. The van der Waals surface area contributed by atoms with Crippen LogP contribution >= 0.6 is 0 Å². The summed E-state index contributed by atoms with van der Waals surface area (Å²) in [7, 11) is 0. The SMILES string of the molecule is CC(=[OH+])/C=C(/C)[O][Tl]([CH3])[CH3]. The van der Waals surface area contributed by atoms with Gasteiger partial charge in [-0.2, -0.15) is 0 Å². The predicted octanol–water partition coefficient (Wildman–Crippen LogP) is 1.72. The van der Waals surface area contributed by atoms with Gasteiger partial charge in [-0.1, -0.05) is 0 Å². The van der Waals surface area contributed by atoms with E-state index in [1.165, 1.54) is 0 Å². The summed E-state index contributed by atoms with van der Waals surface area (Å²) in [5.41, 5.74) is 0. The molecule has 0 atom stereocenters. The molecule has 0 radical (unpaired) electrons. The van der Waals surface area contributed by atoms with Crippen LogP contribution in [-0.4, -0.2) is 33.7 Å². The first-order valence-corrected chi connectivity index (χ1v) is 14.2. The minimum atomic E-state index is -1.67. The second-order valence-electron chi connectivity index (χ2n) is 2.56. The van der Waals surface area contributed by atoms with Crippen molar-refractivity contribution in [3.63, 3.8) is 0 Å². The molecule has 0 saturated carbocycles. The summed E-state index contributed by atoms with van der Waals surface area (Å²) >= 11 is -1.67. The first-order valence-electron chi connectivity index (χ1n) is 3.40. The number of hydrogen-bond donors (Lipinski definition) is 0. The van der Waals surface area contributed by atoms with Crippen LogP contribution in [0.2, 0.25) is 8.97 Å². The molecule has 0 fully saturated rings. The van der Waals surface area contributed by atoms with Gasteiger partial charge in [-0.05, 0) is 0 Å². The molecule has 0 unspecified atom stereocenters. The second-order valence-corrected chi connectivity index (χ2v) is 11.6. The fraction of sp³-hybridized carbons (Fsp3) is 0.571. The summed E-state index contributed by atoms with van der Waals surface area (Å²) in [6.07, 6.45) is 1.65. The van der Waals surface area contributed by atoms with E-state index >= 15 is 0 Å². The van der Waals surface area contributed by atoms with E-state index in [0.29, 0.717) is 5.78 Å². The van der Waals surface area contributed by atoms with E-state index in [-0.39, 0.29) is 0 Å². The molecule has 0 amide bonds. The number of allylic oxidation sites excluding steroid dienone is 2. The summed E-state index contributed by atoms with van der Waals surface area (Å²) in [6, 6.07) is 0. The average molecular weight is 335 g/mol. The molecule has 0 aromatic rings. The molecule has 0 heterocycles. The Morgan fingerprint density at radius 3 is 2.20 bits per heavy atom. The molecule has 0 saturated heterocycles. The van der Waals surface area contributed by atoms with Gasteiger partial charge in [0.25, 0.3) is 0 Å². The van der Waals surface area contributed by atoms with Crippen molar-refractivity contribution >= 4 is 28.9 Å². The third-order valence-corrected chi connectivity index (χ3v) is 4.11. The van der Waals surface area contributed by atoms with Crippen molar-refractivity contribution in [2.24, 2.45) is 0 Å². The molecular formula is C7H14O2Tl+. The van der Waals surface area contributed by atoms with Gasteiger partial charge in [0, 0.05) is 0 Å². The standard InChI is InChI=1S/C5H8O2.2CH3.Tl/c1-4(6)3-5(2)7;;;/h3,6H,1-2H3;2*1H3;/q;;;+1/b4-3-;;;. The second kappa shape index (κ2) is 4.87. The Morgan fingerprint density at radius 1 is 1.40 bits per heavy atom. The van der Waals surface area contributed by atoms with Gasteiger partial charge in [0.1, 0.15) is 0 Å². The van der Waals surface area contributed by atoms with Gasteiger partial charge in [-0.25, -0.2) is 0 Å². The number of hydrogen-bond acceptors (Lipinski definition) is 1. The molecule has 56 valence electrons. The molecule has 0 spiro atoms. The molecule has 1 N–H and O–H groups in total. The van der Waals surface area contributed by atoms with Crippen LogP contribution in [0.4, 0.5) is 0 Å². The Balaban J connectivity index is 3.83. The summed E-state index contributed by atoms with van der Waals surface area (Å²) in [5, 5.41) is 0. The summed E-state index contributed by atoms with van der Waals surface area (Å²) in [6.45, 7) is 3.52. The molecule has 0 aromatic heterocycles. The third kappa shape index (κ3) is 6.26. The van der Waals surface area contributed by atoms with Crippen molar-refractivity contribution in [1.82, 2.24) is 0 Å². The van der Waals surface area contributed by atoms with E-state index in [2.05, 4.69) is 8.97 Å². The minimum absolute atomic E-state index is 0.312. The molecule has 3 heteroatoms. The Hall–Kier alpha value is 0.132. The number of ketones is 1. The van der Waals surface area contributed by atoms with E-state index in [1.54, 1.807) is 13.0 Å². The molecule has 2 nitrogen and oxygen atoms in total. The van der Waals surface area contributed by atoms with Crippen LogP contribution in [0.15, 0.2) is 11.8 Å². The van der Waals surface area contributed by atoms with Crippen LogP contribution in [0, 0.1) is 0 Å². The molecule has 0 aliphatic heterocycles. The zero-order valence-electron chi connectivity index (χ0n) is 7.01. The van der Waals surface area contributed by atoms with Gasteiger partial charge >= 0.3 is 71.1 Å². The van der Waals surface area contributed by atoms with Crippen molar-refractivity contribution in [2.45, 2.75) is 22.8 Å². The van der Waals surface area contributed by atoms with Crippen LogP contribution in [-0.2, 0) is 2.69 Å². The predicted molar refractivity (Wildman–Crippen MR) is 44.9 cm³/mol. The molecule has 0 bridgehead atoms. The van der Waals surface area contributed by atoms with E-state index in [1.807, 2.05) is 6.92 Å². The first kappa shape index (κ1) is 10.1. The summed E-state index contributed by atoms with van der Waals surface area (Å²) in [4.78, 5) is 8.82. The van der Waals surface area contributed by atoms with Crippen molar-refractivity contribution in [2.75, 3.05) is 0 Å². The van der Waals surface area contributed by atoms with Gasteiger partial charge in [-0.3, -0.25) is 0 Å². The maximum atomic E-state index is 8.82. The number of carbonyl (C=O) groups excluding carboxylic acids is 1. The van der Waals surface area contributed by atoms with Crippen molar-refractivity contribution in [1.29, 1.82) is 0 Å². The zero-order chi connectivity index (χ0) is 8.15. The fourth-order valence-corrected chi connectivity index (χ4v) is 3.86. The van der Waals surface area contributed by atoms with Crippen LogP contribution in [0.25, 0.3) is 0 Å². The van der Waals surface area contributed by atoms with Gasteiger partial charge in [-0.15, -0.1) is 0 Å². The van der Waals surface area contributed by atoms with Crippen LogP contribution in [0.1, 0.15) is 13.8 Å². The topological polar surface area (TPSA) is 30.6 Å². The van der Waals surface area contributed by atoms with Gasteiger partial charge < -0.3 is 0 Å². The van der Waals surface area contributed by atoms with Crippen molar-refractivity contribution in [3.05, 3.63) is 11.8 Å². The normalized spacial score (nSPS) is 11.0. The molecule has 10 heavy (non-hydrogen) atoms.